The molecule has 3 aromatic rings. The monoisotopic (exact) mass is 889 g/mol. The Hall–Kier alpha value is -5.45. The van der Waals surface area contributed by atoms with Crippen LogP contribution in [0, 0.1) is 22.2 Å². The number of carbonyl (C=O) groups excluding carboxylic acids is 5. The van der Waals surface area contributed by atoms with Gasteiger partial charge >= 0.3 is 0 Å². The van der Waals surface area contributed by atoms with Gasteiger partial charge in [0, 0.05) is 68.2 Å². The van der Waals surface area contributed by atoms with Crippen LogP contribution in [0.1, 0.15) is 134 Å². The van der Waals surface area contributed by atoms with Crippen molar-refractivity contribution in [3.05, 3.63) is 87.9 Å². The van der Waals surface area contributed by atoms with Gasteiger partial charge in [0.1, 0.15) is 17.9 Å². The molecule has 3 aliphatic heterocycles. The standard InChI is InChI=1S/C50H60ClN7O6/c1-49-28-36(29-50(49,2)31-39(30-49)64-38-16-12-34(32-52)42(51)27-38)54-45(60)33-10-14-37(15-11-33)57-24-22-56(23-25-57)21-9-7-5-3-4-6-8-20-53-35-13-17-40-41(26-35)48(63)58(47(40)62)43-18-19-44(59)55-46(43)61/h10-17,26-27,36,39,43,53H,3-9,18-25,28-31H2,1-2H3,(H,54,60)(H,55,59,61)/t36?,39?,43?,49-,50+. The van der Waals surface area contributed by atoms with E-state index in [-0.39, 0.29) is 58.8 Å². The van der Waals surface area contributed by atoms with E-state index in [1.54, 1.807) is 30.3 Å². The van der Waals surface area contributed by atoms with Crippen molar-refractivity contribution in [2.24, 2.45) is 10.8 Å². The number of amides is 5. The normalized spacial score (nSPS) is 25.5. The summed E-state index contributed by atoms with van der Waals surface area (Å²) in [5, 5.41) is 18.6. The quantitative estimate of drug-likeness (QED) is 0.0903. The van der Waals surface area contributed by atoms with E-state index in [1.165, 1.54) is 32.1 Å². The minimum Gasteiger partial charge on any atom is -0.490 e. The highest BCUT2D eigenvalue weighted by Crippen LogP contribution is 2.63. The summed E-state index contributed by atoms with van der Waals surface area (Å²) in [6.45, 7) is 10.6. The first-order valence-electron chi connectivity index (χ1n) is 23.2. The largest absolute Gasteiger partial charge is 0.490 e. The number of fused-ring (bicyclic) bond motifs is 2. The lowest BCUT2D eigenvalue weighted by Gasteiger charge is -2.36. The maximum Gasteiger partial charge on any atom is 0.262 e. The number of unbranched alkanes of at least 4 members (excludes halogenated alkanes) is 6. The third-order valence-corrected chi connectivity index (χ3v) is 15.0. The zero-order chi connectivity index (χ0) is 45.0. The van der Waals surface area contributed by atoms with Crippen LogP contribution in [0.25, 0.3) is 0 Å². The number of nitriles is 1. The fraction of sp³-hybridized carbons (Fsp3) is 0.520. The van der Waals surface area contributed by atoms with Crippen LogP contribution in [0.3, 0.4) is 0 Å². The van der Waals surface area contributed by atoms with Crippen molar-refractivity contribution in [3.63, 3.8) is 0 Å². The van der Waals surface area contributed by atoms with Gasteiger partial charge in [-0.1, -0.05) is 57.6 Å². The molecule has 64 heavy (non-hydrogen) atoms. The summed E-state index contributed by atoms with van der Waals surface area (Å²) < 4.78 is 6.34. The molecule has 5 atom stereocenters. The molecule has 0 aromatic heterocycles. The molecule has 2 saturated heterocycles. The van der Waals surface area contributed by atoms with Gasteiger partial charge in [-0.25, -0.2) is 0 Å². The van der Waals surface area contributed by atoms with Gasteiger partial charge in [0.2, 0.25) is 11.8 Å². The van der Waals surface area contributed by atoms with Crippen LogP contribution < -0.4 is 25.6 Å². The predicted octanol–water partition coefficient (Wildman–Crippen LogP) is 7.72. The van der Waals surface area contributed by atoms with Gasteiger partial charge in [0.25, 0.3) is 17.7 Å². The van der Waals surface area contributed by atoms with Crippen LogP contribution >= 0.6 is 11.6 Å². The number of piperidine rings is 1. The number of halogens is 1. The van der Waals surface area contributed by atoms with Gasteiger partial charge < -0.3 is 20.3 Å². The zero-order valence-corrected chi connectivity index (χ0v) is 37.8. The number of nitrogens with zero attached hydrogens (tertiary/aromatic N) is 4. The van der Waals surface area contributed by atoms with Gasteiger partial charge in [0.05, 0.1) is 27.8 Å². The third-order valence-electron chi connectivity index (χ3n) is 14.7. The maximum atomic E-state index is 13.4. The lowest BCUT2D eigenvalue weighted by molar-refractivity contribution is -0.136. The molecule has 0 radical (unpaired) electrons. The van der Waals surface area contributed by atoms with Crippen LogP contribution in [-0.2, 0) is 9.59 Å². The summed E-state index contributed by atoms with van der Waals surface area (Å²) in [4.78, 5) is 69.3. The molecule has 13 nitrogen and oxygen atoms in total. The number of imide groups is 2. The Kier molecular flexibility index (Phi) is 13.6. The number of hydrogen-bond acceptors (Lipinski definition) is 10. The van der Waals surface area contributed by atoms with Crippen molar-refractivity contribution in [1.82, 2.24) is 20.4 Å². The minimum atomic E-state index is -0.961. The van der Waals surface area contributed by atoms with Crippen LogP contribution in [0.4, 0.5) is 11.4 Å². The summed E-state index contributed by atoms with van der Waals surface area (Å²) in [6, 6.07) is 19.7. The van der Waals surface area contributed by atoms with E-state index in [9.17, 15) is 29.2 Å². The van der Waals surface area contributed by atoms with Gasteiger partial charge in [0.15, 0.2) is 0 Å². The molecule has 0 bridgehead atoms. The first-order chi connectivity index (χ1) is 30.8. The van der Waals surface area contributed by atoms with Crippen LogP contribution in [-0.4, -0.2) is 96.8 Å². The Morgan fingerprint density at radius 1 is 0.828 bits per heavy atom. The van der Waals surface area contributed by atoms with Crippen molar-refractivity contribution in [2.45, 2.75) is 116 Å². The molecule has 0 spiro atoms. The van der Waals surface area contributed by atoms with E-state index in [0.717, 1.165) is 94.1 Å². The lowest BCUT2D eigenvalue weighted by atomic mass is 9.71. The second-order valence-corrected chi connectivity index (χ2v) is 19.5. The molecule has 3 N–H and O–H groups in total. The summed E-state index contributed by atoms with van der Waals surface area (Å²) in [6.07, 6.45) is 12.1. The fourth-order valence-electron chi connectivity index (χ4n) is 10.9. The lowest BCUT2D eigenvalue weighted by Crippen LogP contribution is -2.54. The van der Waals surface area contributed by atoms with Gasteiger partial charge in [-0.05, 0) is 117 Å². The average Bonchev–Trinajstić information content (AvgIpc) is 3.77. The number of anilines is 2. The van der Waals surface area contributed by atoms with Crippen molar-refractivity contribution in [1.29, 1.82) is 5.26 Å². The van der Waals surface area contributed by atoms with E-state index >= 15 is 0 Å². The molecule has 8 rings (SSSR count). The topological polar surface area (TPSA) is 164 Å². The molecule has 3 unspecified atom stereocenters. The molecule has 3 aromatic carbocycles. The van der Waals surface area contributed by atoms with Gasteiger partial charge in [-0.15, -0.1) is 0 Å². The SMILES string of the molecule is C[C@@]12CC(NC(=O)c3ccc(N4CCN(CCCCCCCCCNc5ccc6c(c5)C(=O)N(C5CCC(=O)NC5=O)C6=O)CC4)cc3)C[C@]1(C)CC(Oc1ccc(C#N)c(Cl)c1)C2. The first kappa shape index (κ1) is 45.1. The smallest absolute Gasteiger partial charge is 0.262 e. The van der Waals surface area contributed by atoms with Crippen molar-refractivity contribution >= 4 is 52.5 Å². The minimum absolute atomic E-state index is 0.0136. The predicted molar refractivity (Wildman–Crippen MR) is 246 cm³/mol. The number of rotatable bonds is 17. The number of benzene rings is 3. The summed E-state index contributed by atoms with van der Waals surface area (Å²) >= 11 is 6.25. The second-order valence-electron chi connectivity index (χ2n) is 19.1. The summed E-state index contributed by atoms with van der Waals surface area (Å²) in [5.74, 6) is -1.30. The second kappa shape index (κ2) is 19.3. The van der Waals surface area contributed by atoms with E-state index in [4.69, 9.17) is 16.3 Å². The fourth-order valence-corrected chi connectivity index (χ4v) is 11.1. The molecule has 3 heterocycles. The average molecular weight is 891 g/mol. The Balaban J connectivity index is 0.668. The molecule has 5 amide bonds. The highest BCUT2D eigenvalue weighted by atomic mass is 35.5. The highest BCUT2D eigenvalue weighted by Gasteiger charge is 2.59. The molecule has 5 aliphatic rings. The molecule has 4 fully saturated rings. The van der Waals surface area contributed by atoms with Crippen molar-refractivity contribution in [2.75, 3.05) is 49.5 Å². The highest BCUT2D eigenvalue weighted by molar-refractivity contribution is 6.31. The number of piperazine rings is 1. The van der Waals surface area contributed by atoms with Gasteiger partial charge in [-0.3, -0.25) is 39.1 Å². The summed E-state index contributed by atoms with van der Waals surface area (Å²) in [5.41, 5.74) is 3.75. The van der Waals surface area contributed by atoms with E-state index in [2.05, 4.69) is 57.8 Å². The molecular formula is C50H60ClN7O6. The number of nitrogens with one attached hydrogen (secondary N) is 3. The van der Waals surface area contributed by atoms with Crippen LogP contribution in [0.15, 0.2) is 60.7 Å². The number of hydrogen-bond donors (Lipinski definition) is 3. The Morgan fingerprint density at radius 2 is 1.50 bits per heavy atom. The molecule has 14 heteroatoms. The zero-order valence-electron chi connectivity index (χ0n) is 37.1. The maximum absolute atomic E-state index is 13.4. The molecule has 2 aliphatic carbocycles. The molecule has 338 valence electrons. The Labute approximate surface area is 381 Å². The molecule has 2 saturated carbocycles. The van der Waals surface area contributed by atoms with Gasteiger partial charge in [-0.2, -0.15) is 5.26 Å². The van der Waals surface area contributed by atoms with E-state index in [1.807, 2.05) is 18.2 Å². The third kappa shape index (κ3) is 9.78. The summed E-state index contributed by atoms with van der Waals surface area (Å²) in [7, 11) is 0. The van der Waals surface area contributed by atoms with E-state index < -0.39 is 23.8 Å². The number of carbonyl (C=O) groups is 5. The Morgan fingerprint density at radius 3 is 2.17 bits per heavy atom. The molecular weight excluding hydrogens is 830 g/mol. The van der Waals surface area contributed by atoms with Crippen LogP contribution in [0.2, 0.25) is 5.02 Å². The van der Waals surface area contributed by atoms with E-state index in [0.29, 0.717) is 21.9 Å². The first-order valence-corrected chi connectivity index (χ1v) is 23.5. The van der Waals surface area contributed by atoms with Crippen molar-refractivity contribution < 1.29 is 28.7 Å². The van der Waals surface area contributed by atoms with Crippen molar-refractivity contribution in [3.8, 4) is 11.8 Å². The Bertz CT molecular complexity index is 2290. The number of ether oxygens (including phenoxy) is 1. The van der Waals surface area contributed by atoms with Crippen LogP contribution in [0.5, 0.6) is 5.75 Å².